The summed E-state index contributed by atoms with van der Waals surface area (Å²) in [6.45, 7) is 4.91. The largest absolute Gasteiger partial charge is 0.493 e. The molecule has 0 aliphatic carbocycles. The van der Waals surface area contributed by atoms with E-state index in [1.807, 2.05) is 19.9 Å². The van der Waals surface area contributed by atoms with E-state index in [0.29, 0.717) is 29.6 Å². The number of imide groups is 1. The zero-order valence-corrected chi connectivity index (χ0v) is 16.3. The molecule has 0 atom stereocenters. The molecule has 0 radical (unpaired) electrons. The molecule has 0 bridgehead atoms. The van der Waals surface area contributed by atoms with E-state index in [-0.39, 0.29) is 11.1 Å². The predicted molar refractivity (Wildman–Crippen MR) is 99.4 cm³/mol. The lowest BCUT2D eigenvalue weighted by Gasteiger charge is -2.12. The highest BCUT2D eigenvalue weighted by atomic mass is 79.9. The molecule has 1 aliphatic rings. The molecule has 7 heteroatoms. The van der Waals surface area contributed by atoms with Crippen molar-refractivity contribution in [3.8, 4) is 11.5 Å². The van der Waals surface area contributed by atoms with Crippen LogP contribution < -0.4 is 9.47 Å². The Balaban J connectivity index is 2.30. The smallest absolute Gasteiger partial charge is 0.293 e. The zero-order chi connectivity index (χ0) is 17.7. The van der Waals surface area contributed by atoms with Gasteiger partial charge in [0, 0.05) is 6.54 Å². The molecular weight excluding hydrogens is 394 g/mol. The fraction of sp³-hybridized carbons (Fsp3) is 0.412. The number of thioether (sulfide) groups is 1. The van der Waals surface area contributed by atoms with Crippen LogP contribution in [0.4, 0.5) is 4.79 Å². The molecule has 1 saturated heterocycles. The first-order valence-electron chi connectivity index (χ1n) is 7.77. The standard InChI is InChI=1S/C17H20BrNO4S/c1-4-6-7-19-16(20)14(24-17(19)21)10-11-8-12(18)15(23-5-2)13(9-11)22-3/h8-10H,4-7H2,1-3H3/b14-10-. The molecule has 5 nitrogen and oxygen atoms in total. The quantitative estimate of drug-likeness (QED) is 0.606. The molecule has 1 heterocycles. The summed E-state index contributed by atoms with van der Waals surface area (Å²) in [5.74, 6) is 0.957. The summed E-state index contributed by atoms with van der Waals surface area (Å²) >= 11 is 4.43. The number of halogens is 1. The van der Waals surface area contributed by atoms with Crippen LogP contribution in [0.5, 0.6) is 11.5 Å². The van der Waals surface area contributed by atoms with Gasteiger partial charge in [-0.3, -0.25) is 14.5 Å². The van der Waals surface area contributed by atoms with Crippen LogP contribution in [-0.4, -0.2) is 36.3 Å². The van der Waals surface area contributed by atoms with E-state index in [4.69, 9.17) is 9.47 Å². The summed E-state index contributed by atoms with van der Waals surface area (Å²) in [7, 11) is 1.56. The number of methoxy groups -OCH3 is 1. The Morgan fingerprint density at radius 1 is 1.29 bits per heavy atom. The third-order valence-electron chi connectivity index (χ3n) is 3.45. The van der Waals surface area contributed by atoms with Gasteiger partial charge in [0.1, 0.15) is 0 Å². The van der Waals surface area contributed by atoms with Crippen LogP contribution >= 0.6 is 27.7 Å². The molecule has 2 amide bonds. The minimum absolute atomic E-state index is 0.211. The first kappa shape index (κ1) is 18.9. The Kier molecular flexibility index (Phi) is 6.74. The van der Waals surface area contributed by atoms with Crippen LogP contribution in [-0.2, 0) is 4.79 Å². The summed E-state index contributed by atoms with van der Waals surface area (Å²) in [6, 6.07) is 3.63. The number of nitrogens with zero attached hydrogens (tertiary/aromatic N) is 1. The highest BCUT2D eigenvalue weighted by molar-refractivity contribution is 9.10. The summed E-state index contributed by atoms with van der Waals surface area (Å²) in [5.41, 5.74) is 0.767. The molecular formula is C17H20BrNO4S. The lowest BCUT2D eigenvalue weighted by molar-refractivity contribution is -0.122. The number of carbonyl (C=O) groups is 2. The fourth-order valence-electron chi connectivity index (χ4n) is 2.27. The molecule has 1 fully saturated rings. The van der Waals surface area contributed by atoms with Crippen LogP contribution in [0.25, 0.3) is 6.08 Å². The normalized spacial score (nSPS) is 16.2. The monoisotopic (exact) mass is 413 g/mol. The van der Waals surface area contributed by atoms with Gasteiger partial charge >= 0.3 is 0 Å². The molecule has 1 aromatic carbocycles. The lowest BCUT2D eigenvalue weighted by atomic mass is 10.2. The maximum absolute atomic E-state index is 12.4. The van der Waals surface area contributed by atoms with Crippen LogP contribution in [0.2, 0.25) is 0 Å². The molecule has 0 saturated carbocycles. The average Bonchev–Trinajstić information content (AvgIpc) is 2.81. The van der Waals surface area contributed by atoms with Crippen LogP contribution in [0.15, 0.2) is 21.5 Å². The van der Waals surface area contributed by atoms with E-state index in [2.05, 4.69) is 15.9 Å². The van der Waals surface area contributed by atoms with E-state index in [9.17, 15) is 9.59 Å². The SMILES string of the molecule is CCCCN1C(=O)S/C(=C\c2cc(Br)c(OCC)c(OC)c2)C1=O. The van der Waals surface area contributed by atoms with Crippen molar-refractivity contribution in [2.45, 2.75) is 26.7 Å². The van der Waals surface area contributed by atoms with Gasteiger partial charge in [-0.25, -0.2) is 0 Å². The van der Waals surface area contributed by atoms with Gasteiger partial charge in [0.2, 0.25) is 0 Å². The molecule has 0 aromatic heterocycles. The van der Waals surface area contributed by atoms with Crippen molar-refractivity contribution in [2.24, 2.45) is 0 Å². The fourth-order valence-corrected chi connectivity index (χ4v) is 3.71. The summed E-state index contributed by atoms with van der Waals surface area (Å²) in [4.78, 5) is 26.1. The van der Waals surface area contributed by atoms with Crippen molar-refractivity contribution in [3.63, 3.8) is 0 Å². The second kappa shape index (κ2) is 8.58. The maximum atomic E-state index is 12.4. The number of hydrogen-bond donors (Lipinski definition) is 0. The Hall–Kier alpha value is -1.47. The van der Waals surface area contributed by atoms with Crippen molar-refractivity contribution in [3.05, 3.63) is 27.1 Å². The lowest BCUT2D eigenvalue weighted by Crippen LogP contribution is -2.29. The zero-order valence-electron chi connectivity index (χ0n) is 13.9. The molecule has 2 rings (SSSR count). The number of carbonyl (C=O) groups excluding carboxylic acids is 2. The molecule has 130 valence electrons. The highest BCUT2D eigenvalue weighted by Crippen LogP contribution is 2.39. The minimum atomic E-state index is -0.234. The van der Waals surface area contributed by atoms with Gasteiger partial charge < -0.3 is 9.47 Å². The van der Waals surface area contributed by atoms with E-state index < -0.39 is 0 Å². The van der Waals surface area contributed by atoms with E-state index in [0.717, 1.165) is 34.6 Å². The summed E-state index contributed by atoms with van der Waals surface area (Å²) < 4.78 is 11.6. The van der Waals surface area contributed by atoms with Gasteiger partial charge in [0.15, 0.2) is 11.5 Å². The Bertz CT molecular complexity index is 675. The molecule has 0 unspecified atom stereocenters. The van der Waals surface area contributed by atoms with E-state index >= 15 is 0 Å². The first-order valence-corrected chi connectivity index (χ1v) is 9.38. The number of rotatable bonds is 7. The van der Waals surface area contributed by atoms with Crippen molar-refractivity contribution in [2.75, 3.05) is 20.3 Å². The summed E-state index contributed by atoms with van der Waals surface area (Å²) in [6.07, 6.45) is 3.46. The molecule has 0 spiro atoms. The maximum Gasteiger partial charge on any atom is 0.293 e. The van der Waals surface area contributed by atoms with Gasteiger partial charge in [-0.05, 0) is 64.8 Å². The Morgan fingerprint density at radius 2 is 2.04 bits per heavy atom. The summed E-state index contributed by atoms with van der Waals surface area (Å²) in [5, 5.41) is -0.211. The van der Waals surface area contributed by atoms with Gasteiger partial charge in [0.05, 0.1) is 23.1 Å². The Morgan fingerprint density at radius 3 is 2.67 bits per heavy atom. The van der Waals surface area contributed by atoms with Crippen molar-refractivity contribution < 1.29 is 19.1 Å². The van der Waals surface area contributed by atoms with Crippen LogP contribution in [0, 0.1) is 0 Å². The highest BCUT2D eigenvalue weighted by Gasteiger charge is 2.34. The molecule has 0 N–H and O–H groups in total. The van der Waals surface area contributed by atoms with Gasteiger partial charge in [-0.1, -0.05) is 13.3 Å². The predicted octanol–water partition coefficient (Wildman–Crippen LogP) is 4.69. The van der Waals surface area contributed by atoms with Gasteiger partial charge in [-0.15, -0.1) is 0 Å². The van der Waals surface area contributed by atoms with Crippen molar-refractivity contribution >= 4 is 44.9 Å². The average molecular weight is 414 g/mol. The third-order valence-corrected chi connectivity index (χ3v) is 4.94. The second-order valence-electron chi connectivity index (χ2n) is 5.15. The first-order chi connectivity index (χ1) is 11.5. The number of unbranched alkanes of at least 4 members (excludes halogenated alkanes) is 1. The number of benzene rings is 1. The van der Waals surface area contributed by atoms with E-state index in [1.165, 1.54) is 4.90 Å². The van der Waals surface area contributed by atoms with Gasteiger partial charge in [0.25, 0.3) is 11.1 Å². The van der Waals surface area contributed by atoms with Crippen LogP contribution in [0.3, 0.4) is 0 Å². The van der Waals surface area contributed by atoms with Crippen molar-refractivity contribution in [1.82, 2.24) is 4.90 Å². The third kappa shape index (κ3) is 4.13. The number of hydrogen-bond acceptors (Lipinski definition) is 5. The second-order valence-corrected chi connectivity index (χ2v) is 7.00. The Labute approximate surface area is 154 Å². The number of ether oxygens (including phenoxy) is 2. The topological polar surface area (TPSA) is 55.8 Å². The molecule has 1 aromatic rings. The molecule has 24 heavy (non-hydrogen) atoms. The number of amides is 2. The minimum Gasteiger partial charge on any atom is -0.493 e. The van der Waals surface area contributed by atoms with E-state index in [1.54, 1.807) is 19.3 Å². The van der Waals surface area contributed by atoms with Crippen molar-refractivity contribution in [1.29, 1.82) is 0 Å². The van der Waals surface area contributed by atoms with Crippen LogP contribution in [0.1, 0.15) is 32.3 Å². The molecule has 1 aliphatic heterocycles. The van der Waals surface area contributed by atoms with Gasteiger partial charge in [-0.2, -0.15) is 0 Å².